The number of benzene rings is 2. The van der Waals surface area contributed by atoms with Gasteiger partial charge in [0.1, 0.15) is 0 Å². The molecule has 3 N–H and O–H groups in total. The van der Waals surface area contributed by atoms with E-state index in [-0.39, 0.29) is 18.4 Å². The van der Waals surface area contributed by atoms with Crippen LogP contribution >= 0.6 is 11.3 Å². The highest BCUT2D eigenvalue weighted by Gasteiger charge is 2.11. The Morgan fingerprint density at radius 2 is 1.82 bits per heavy atom. The van der Waals surface area contributed by atoms with E-state index in [1.807, 2.05) is 66.2 Å². The highest BCUT2D eigenvalue weighted by atomic mass is 32.1. The maximum Gasteiger partial charge on any atom is 0.323 e. The normalized spacial score (nSPS) is 10.6. The van der Waals surface area contributed by atoms with Gasteiger partial charge in [-0.15, -0.1) is 0 Å². The maximum atomic E-state index is 12.3. The van der Waals surface area contributed by atoms with Crippen LogP contribution < -0.4 is 16.0 Å². The Balaban J connectivity index is 1.23. The van der Waals surface area contributed by atoms with E-state index in [0.717, 1.165) is 22.4 Å². The molecular weight excluding hydrogens is 438 g/mol. The summed E-state index contributed by atoms with van der Waals surface area (Å²) in [7, 11) is 0. The number of nitrogens with one attached hydrogen (secondary N) is 3. The number of hydrogen-bond acceptors (Lipinski definition) is 6. The molecule has 0 atom stereocenters. The molecule has 0 bridgehead atoms. The fourth-order valence-electron chi connectivity index (χ4n) is 3.15. The van der Waals surface area contributed by atoms with E-state index in [1.165, 1.54) is 0 Å². The molecule has 0 aliphatic heterocycles. The first-order chi connectivity index (χ1) is 16.0. The lowest BCUT2D eigenvalue weighted by molar-refractivity contribution is -0.121. The quantitative estimate of drug-likeness (QED) is 0.342. The van der Waals surface area contributed by atoms with Gasteiger partial charge in [0.25, 0.3) is 0 Å². The van der Waals surface area contributed by atoms with Crippen molar-refractivity contribution in [3.63, 3.8) is 0 Å². The van der Waals surface area contributed by atoms with Crippen molar-refractivity contribution in [2.75, 3.05) is 10.6 Å². The van der Waals surface area contributed by atoms with Crippen LogP contribution in [0, 0.1) is 6.92 Å². The summed E-state index contributed by atoms with van der Waals surface area (Å²) in [4.78, 5) is 28.8. The Morgan fingerprint density at radius 3 is 2.58 bits per heavy atom. The predicted octanol–water partition coefficient (Wildman–Crippen LogP) is 5.00. The summed E-state index contributed by atoms with van der Waals surface area (Å²) in [6.07, 6.45) is 0.603. The summed E-state index contributed by atoms with van der Waals surface area (Å²) >= 11 is 1.56. The van der Waals surface area contributed by atoms with Crippen molar-refractivity contribution in [2.24, 2.45) is 0 Å². The Bertz CT molecular complexity index is 1240. The molecule has 168 valence electrons. The molecule has 0 saturated carbocycles. The molecule has 0 fully saturated rings. The molecule has 8 nitrogen and oxygen atoms in total. The highest BCUT2D eigenvalue weighted by Crippen LogP contribution is 2.19. The zero-order valence-electron chi connectivity index (χ0n) is 18.0. The molecule has 4 aromatic rings. The van der Waals surface area contributed by atoms with Gasteiger partial charge in [0.15, 0.2) is 0 Å². The molecule has 2 aromatic heterocycles. The third-order valence-corrected chi connectivity index (χ3v) is 5.45. The Hall–Kier alpha value is -3.98. The topological polar surface area (TPSA) is 109 Å². The molecule has 0 radical (unpaired) electrons. The third-order valence-electron chi connectivity index (χ3n) is 4.76. The lowest BCUT2D eigenvalue weighted by Gasteiger charge is -2.10. The van der Waals surface area contributed by atoms with Gasteiger partial charge >= 0.3 is 6.03 Å². The number of aryl methyl sites for hydroxylation is 2. The Morgan fingerprint density at radius 1 is 1.03 bits per heavy atom. The molecule has 3 amide bonds. The Kier molecular flexibility index (Phi) is 7.11. The van der Waals surface area contributed by atoms with Crippen molar-refractivity contribution in [1.82, 2.24) is 15.5 Å². The van der Waals surface area contributed by atoms with Crippen molar-refractivity contribution in [3.8, 4) is 11.4 Å². The average Bonchev–Trinajstić information content (AvgIpc) is 3.48. The van der Waals surface area contributed by atoms with Crippen LogP contribution in [0.1, 0.15) is 23.4 Å². The van der Waals surface area contributed by atoms with Crippen LogP contribution in [0.3, 0.4) is 0 Å². The molecule has 0 aliphatic carbocycles. The average molecular weight is 462 g/mol. The van der Waals surface area contributed by atoms with Crippen molar-refractivity contribution >= 4 is 34.6 Å². The zero-order chi connectivity index (χ0) is 23.0. The van der Waals surface area contributed by atoms with Gasteiger partial charge < -0.3 is 20.5 Å². The summed E-state index contributed by atoms with van der Waals surface area (Å²) in [6.45, 7) is 2.31. The molecule has 0 unspecified atom stereocenters. The molecule has 2 aromatic carbocycles. The molecule has 0 aliphatic rings. The molecule has 4 rings (SSSR count). The van der Waals surface area contributed by atoms with Gasteiger partial charge in [-0.25, -0.2) is 4.79 Å². The molecule has 33 heavy (non-hydrogen) atoms. The van der Waals surface area contributed by atoms with Crippen molar-refractivity contribution in [2.45, 2.75) is 26.3 Å². The number of anilines is 2. The summed E-state index contributed by atoms with van der Waals surface area (Å²) in [5.41, 5.74) is 4.20. The molecule has 0 saturated heterocycles. The van der Waals surface area contributed by atoms with Crippen LogP contribution in [0.4, 0.5) is 16.2 Å². The van der Waals surface area contributed by atoms with E-state index in [9.17, 15) is 9.59 Å². The zero-order valence-corrected chi connectivity index (χ0v) is 18.8. The van der Waals surface area contributed by atoms with E-state index in [4.69, 9.17) is 4.52 Å². The van der Waals surface area contributed by atoms with Crippen LogP contribution in [0.15, 0.2) is 69.9 Å². The van der Waals surface area contributed by atoms with E-state index in [1.54, 1.807) is 17.4 Å². The second kappa shape index (κ2) is 10.6. The fraction of sp³-hybridized carbons (Fsp3) is 0.167. The smallest absolute Gasteiger partial charge is 0.323 e. The van der Waals surface area contributed by atoms with Crippen LogP contribution in [0.5, 0.6) is 0 Å². The van der Waals surface area contributed by atoms with Crippen LogP contribution in [-0.2, 0) is 17.8 Å². The molecule has 2 heterocycles. The summed E-state index contributed by atoms with van der Waals surface area (Å²) < 4.78 is 5.22. The predicted molar refractivity (Wildman–Crippen MR) is 128 cm³/mol. The van der Waals surface area contributed by atoms with Gasteiger partial charge in [0, 0.05) is 41.7 Å². The van der Waals surface area contributed by atoms with E-state index >= 15 is 0 Å². The first kappa shape index (κ1) is 22.2. The molecular formula is C24H23N5O3S. The largest absolute Gasteiger partial charge is 0.352 e. The minimum absolute atomic E-state index is 0.124. The standard InChI is InChI=1S/C24H23N5O3S/c1-16-4-2-6-19(12-16)26-24(31)27-20-7-3-5-17(13-20)14-25-21(30)8-9-22-28-23(29-32-22)18-10-11-33-15-18/h2-7,10-13,15H,8-9,14H2,1H3,(H,25,30)(H2,26,27,31). The van der Waals surface area contributed by atoms with Crippen LogP contribution in [0.2, 0.25) is 0 Å². The number of carbonyl (C=O) groups excluding carboxylic acids is 2. The Labute approximate surface area is 195 Å². The lowest BCUT2D eigenvalue weighted by atomic mass is 10.2. The highest BCUT2D eigenvalue weighted by molar-refractivity contribution is 7.08. The lowest BCUT2D eigenvalue weighted by Crippen LogP contribution is -2.23. The van der Waals surface area contributed by atoms with Crippen molar-refractivity contribution in [1.29, 1.82) is 0 Å². The fourth-order valence-corrected chi connectivity index (χ4v) is 3.78. The maximum absolute atomic E-state index is 12.3. The number of aromatic nitrogens is 2. The van der Waals surface area contributed by atoms with Gasteiger partial charge in [-0.1, -0.05) is 29.4 Å². The van der Waals surface area contributed by atoms with E-state index in [0.29, 0.717) is 30.4 Å². The molecule has 9 heteroatoms. The number of urea groups is 1. The first-order valence-electron chi connectivity index (χ1n) is 10.4. The van der Waals surface area contributed by atoms with Gasteiger partial charge in [-0.05, 0) is 53.8 Å². The van der Waals surface area contributed by atoms with Gasteiger partial charge in [-0.3, -0.25) is 4.79 Å². The SMILES string of the molecule is Cc1cccc(NC(=O)Nc2cccc(CNC(=O)CCc3nc(-c4ccsc4)no3)c2)c1. The van der Waals surface area contributed by atoms with E-state index in [2.05, 4.69) is 26.1 Å². The van der Waals surface area contributed by atoms with Crippen LogP contribution in [0.25, 0.3) is 11.4 Å². The molecule has 0 spiro atoms. The van der Waals surface area contributed by atoms with Gasteiger partial charge in [-0.2, -0.15) is 16.3 Å². The van der Waals surface area contributed by atoms with Crippen molar-refractivity contribution < 1.29 is 14.1 Å². The summed E-state index contributed by atoms with van der Waals surface area (Å²) in [6, 6.07) is 16.5. The summed E-state index contributed by atoms with van der Waals surface area (Å²) in [5, 5.41) is 16.3. The van der Waals surface area contributed by atoms with E-state index < -0.39 is 0 Å². The number of thiophene rings is 1. The number of hydrogen-bond donors (Lipinski definition) is 3. The second-order valence-electron chi connectivity index (χ2n) is 7.45. The number of nitrogens with zero attached hydrogens (tertiary/aromatic N) is 2. The minimum Gasteiger partial charge on any atom is -0.352 e. The third kappa shape index (κ3) is 6.50. The van der Waals surface area contributed by atoms with Crippen molar-refractivity contribution in [3.05, 3.63) is 82.4 Å². The monoisotopic (exact) mass is 461 g/mol. The minimum atomic E-state index is -0.330. The number of amides is 3. The van der Waals surface area contributed by atoms with Crippen LogP contribution in [-0.4, -0.2) is 22.1 Å². The van der Waals surface area contributed by atoms with Gasteiger partial charge in [0.05, 0.1) is 0 Å². The number of rotatable bonds is 8. The summed E-state index contributed by atoms with van der Waals surface area (Å²) in [5.74, 6) is 0.834. The first-order valence-corrected chi connectivity index (χ1v) is 11.3. The van der Waals surface area contributed by atoms with Gasteiger partial charge in [0.2, 0.25) is 17.6 Å². The second-order valence-corrected chi connectivity index (χ2v) is 8.23. The number of carbonyl (C=O) groups is 2.